The predicted octanol–water partition coefficient (Wildman–Crippen LogP) is 4.93. The molecule has 3 aromatic carbocycles. The summed E-state index contributed by atoms with van der Waals surface area (Å²) >= 11 is 0. The van der Waals surface area contributed by atoms with Gasteiger partial charge in [-0.15, -0.1) is 0 Å². The maximum absolute atomic E-state index is 11.8. The Morgan fingerprint density at radius 1 is 0.824 bits per heavy atom. The van der Waals surface area contributed by atoms with Gasteiger partial charge in [0.1, 0.15) is 30.3 Å². The molecule has 7 nitrogen and oxygen atoms in total. The zero-order valence-corrected chi connectivity index (χ0v) is 18.0. The van der Waals surface area contributed by atoms with Gasteiger partial charge >= 0.3 is 5.97 Å². The largest absolute Gasteiger partial charge is 0.489 e. The standard InChI is InChI=1S/C27H20N2O5/c30-26-23(27(31)32)14-19-13-22(10-11-25(19)29-26)33-15-17-4-3-6-21(12-17)34-16-20-9-8-18-5-1-2-7-24(18)28-20/h1-14H,15-16H2,(H,29,30)(H,31,32). The predicted molar refractivity (Wildman–Crippen MR) is 128 cm³/mol. The van der Waals surface area contributed by atoms with Crippen molar-refractivity contribution in [2.75, 3.05) is 0 Å². The quantitative estimate of drug-likeness (QED) is 0.363. The van der Waals surface area contributed by atoms with Crippen LogP contribution in [0.5, 0.6) is 11.5 Å². The summed E-state index contributed by atoms with van der Waals surface area (Å²) in [6, 6.07) is 26.0. The van der Waals surface area contributed by atoms with Crippen LogP contribution in [0, 0.1) is 0 Å². The summed E-state index contributed by atoms with van der Waals surface area (Å²) in [6.07, 6.45) is 0. The molecule has 2 N–H and O–H groups in total. The lowest BCUT2D eigenvalue weighted by atomic mass is 10.1. The second-order valence-corrected chi connectivity index (χ2v) is 7.79. The van der Waals surface area contributed by atoms with Crippen molar-refractivity contribution in [3.63, 3.8) is 0 Å². The zero-order chi connectivity index (χ0) is 23.5. The number of benzene rings is 3. The fourth-order valence-electron chi connectivity index (χ4n) is 3.67. The number of fused-ring (bicyclic) bond motifs is 2. The van der Waals surface area contributed by atoms with Crippen LogP contribution < -0.4 is 15.0 Å². The second kappa shape index (κ2) is 9.07. The van der Waals surface area contributed by atoms with Gasteiger partial charge in [-0.25, -0.2) is 9.78 Å². The first-order valence-corrected chi connectivity index (χ1v) is 10.6. The van der Waals surface area contributed by atoms with Gasteiger partial charge in [-0.2, -0.15) is 0 Å². The summed E-state index contributed by atoms with van der Waals surface area (Å²) in [6.45, 7) is 0.649. The fraction of sp³-hybridized carbons (Fsp3) is 0.0741. The van der Waals surface area contributed by atoms with Crippen LogP contribution in [0.15, 0.2) is 89.7 Å². The smallest absolute Gasteiger partial charge is 0.341 e. The Bertz CT molecular complexity index is 1580. The van der Waals surface area contributed by atoms with Crippen LogP contribution in [0.1, 0.15) is 21.6 Å². The van der Waals surface area contributed by atoms with E-state index in [0.717, 1.165) is 22.2 Å². The molecular formula is C27H20N2O5. The number of nitrogens with one attached hydrogen (secondary N) is 1. The normalized spacial score (nSPS) is 10.9. The molecule has 5 rings (SSSR count). The Hall–Kier alpha value is -4.65. The molecule has 0 atom stereocenters. The van der Waals surface area contributed by atoms with Crippen molar-refractivity contribution < 1.29 is 19.4 Å². The second-order valence-electron chi connectivity index (χ2n) is 7.79. The van der Waals surface area contributed by atoms with Crippen molar-refractivity contribution >= 4 is 27.8 Å². The van der Waals surface area contributed by atoms with E-state index < -0.39 is 11.5 Å². The SMILES string of the molecule is O=C(O)c1cc2cc(OCc3cccc(OCc4ccc5ccccc5n4)c3)ccc2[nH]c1=O. The van der Waals surface area contributed by atoms with Crippen molar-refractivity contribution in [3.8, 4) is 11.5 Å². The van der Waals surface area contributed by atoms with Gasteiger partial charge in [0.25, 0.3) is 5.56 Å². The molecule has 0 unspecified atom stereocenters. The Morgan fingerprint density at radius 3 is 2.53 bits per heavy atom. The van der Waals surface area contributed by atoms with Crippen LogP contribution in [0.25, 0.3) is 21.8 Å². The number of aromatic amines is 1. The molecule has 2 heterocycles. The molecule has 0 saturated carbocycles. The number of H-pyrrole nitrogens is 1. The number of carboxylic acids is 1. The number of ether oxygens (including phenoxy) is 2. The van der Waals surface area contributed by atoms with Crippen LogP contribution in [-0.4, -0.2) is 21.0 Å². The van der Waals surface area contributed by atoms with Gasteiger partial charge in [0.2, 0.25) is 0 Å². The number of hydrogen-bond donors (Lipinski definition) is 2. The lowest BCUT2D eigenvalue weighted by molar-refractivity contribution is 0.0695. The number of carbonyl (C=O) groups is 1. The lowest BCUT2D eigenvalue weighted by Gasteiger charge is -2.10. The first-order valence-electron chi connectivity index (χ1n) is 10.6. The fourth-order valence-corrected chi connectivity index (χ4v) is 3.67. The van der Waals surface area contributed by atoms with Gasteiger partial charge < -0.3 is 19.6 Å². The van der Waals surface area contributed by atoms with Crippen LogP contribution in [-0.2, 0) is 13.2 Å². The number of aromatic nitrogens is 2. The van der Waals surface area contributed by atoms with E-state index in [2.05, 4.69) is 9.97 Å². The first kappa shape index (κ1) is 21.2. The summed E-state index contributed by atoms with van der Waals surface area (Å²) in [5.74, 6) is -0.00834. The van der Waals surface area contributed by atoms with E-state index >= 15 is 0 Å². The van der Waals surface area contributed by atoms with Gasteiger partial charge in [0.15, 0.2) is 0 Å². The molecular weight excluding hydrogens is 432 g/mol. The third-order valence-corrected chi connectivity index (χ3v) is 5.39. The number of rotatable bonds is 7. The van der Waals surface area contributed by atoms with Gasteiger partial charge in [-0.3, -0.25) is 4.79 Å². The minimum atomic E-state index is -1.27. The van der Waals surface area contributed by atoms with Crippen molar-refractivity contribution in [1.82, 2.24) is 9.97 Å². The number of hydrogen-bond acceptors (Lipinski definition) is 5. The van der Waals surface area contributed by atoms with Crippen molar-refractivity contribution in [2.24, 2.45) is 0 Å². The third kappa shape index (κ3) is 4.59. The first-order chi connectivity index (χ1) is 16.5. The molecule has 0 spiro atoms. The summed E-state index contributed by atoms with van der Waals surface area (Å²) in [5, 5.41) is 10.8. The van der Waals surface area contributed by atoms with Crippen molar-refractivity contribution in [2.45, 2.75) is 13.2 Å². The van der Waals surface area contributed by atoms with E-state index in [1.54, 1.807) is 18.2 Å². The highest BCUT2D eigenvalue weighted by Crippen LogP contribution is 2.22. The molecule has 0 aliphatic carbocycles. The van der Waals surface area contributed by atoms with Gasteiger partial charge in [0, 0.05) is 16.3 Å². The maximum atomic E-state index is 11.8. The van der Waals surface area contributed by atoms with Crippen LogP contribution >= 0.6 is 0 Å². The topological polar surface area (TPSA) is 102 Å². The molecule has 168 valence electrons. The Labute approximate surface area is 194 Å². The molecule has 7 heteroatoms. The number of nitrogens with zero attached hydrogens (tertiary/aromatic N) is 1. The molecule has 0 saturated heterocycles. The van der Waals surface area contributed by atoms with E-state index in [9.17, 15) is 9.59 Å². The van der Waals surface area contributed by atoms with Crippen molar-refractivity contribution in [1.29, 1.82) is 0 Å². The average molecular weight is 452 g/mol. The molecule has 0 bridgehead atoms. The van der Waals surface area contributed by atoms with E-state index in [1.165, 1.54) is 6.07 Å². The number of aromatic carboxylic acids is 1. The minimum absolute atomic E-state index is 0.298. The van der Waals surface area contributed by atoms with Crippen LogP contribution in [0.4, 0.5) is 0 Å². The lowest BCUT2D eigenvalue weighted by Crippen LogP contribution is -2.16. The highest BCUT2D eigenvalue weighted by molar-refractivity contribution is 5.92. The van der Waals surface area contributed by atoms with E-state index in [-0.39, 0.29) is 5.56 Å². The molecule has 0 radical (unpaired) electrons. The van der Waals surface area contributed by atoms with Crippen LogP contribution in [0.2, 0.25) is 0 Å². The summed E-state index contributed by atoms with van der Waals surface area (Å²) in [4.78, 5) is 30.2. The summed E-state index contributed by atoms with van der Waals surface area (Å²) in [5.41, 5.74) is 2.28. The Kier molecular flexibility index (Phi) is 5.66. The van der Waals surface area contributed by atoms with Gasteiger partial charge in [0.05, 0.1) is 11.2 Å². The number of para-hydroxylation sites is 1. The zero-order valence-electron chi connectivity index (χ0n) is 18.0. The molecule has 0 amide bonds. The minimum Gasteiger partial charge on any atom is -0.489 e. The maximum Gasteiger partial charge on any atom is 0.341 e. The molecule has 34 heavy (non-hydrogen) atoms. The Balaban J connectivity index is 1.26. The molecule has 0 aliphatic rings. The highest BCUT2D eigenvalue weighted by atomic mass is 16.5. The number of pyridine rings is 2. The van der Waals surface area contributed by atoms with E-state index in [4.69, 9.17) is 14.6 Å². The highest BCUT2D eigenvalue weighted by Gasteiger charge is 2.10. The summed E-state index contributed by atoms with van der Waals surface area (Å²) < 4.78 is 11.8. The summed E-state index contributed by atoms with van der Waals surface area (Å²) in [7, 11) is 0. The van der Waals surface area contributed by atoms with E-state index in [0.29, 0.717) is 35.6 Å². The van der Waals surface area contributed by atoms with E-state index in [1.807, 2.05) is 60.7 Å². The molecule has 2 aromatic heterocycles. The number of carboxylic acid groups (broad SMARTS) is 1. The molecule has 5 aromatic rings. The molecule has 0 fully saturated rings. The van der Waals surface area contributed by atoms with Gasteiger partial charge in [-0.1, -0.05) is 36.4 Å². The Morgan fingerprint density at radius 2 is 1.65 bits per heavy atom. The average Bonchev–Trinajstić information content (AvgIpc) is 2.86. The van der Waals surface area contributed by atoms with Gasteiger partial charge in [-0.05, 0) is 54.1 Å². The van der Waals surface area contributed by atoms with Crippen LogP contribution in [0.3, 0.4) is 0 Å². The van der Waals surface area contributed by atoms with Crippen molar-refractivity contribution in [3.05, 3.63) is 112 Å². The molecule has 0 aliphatic heterocycles. The monoisotopic (exact) mass is 452 g/mol. The third-order valence-electron chi connectivity index (χ3n) is 5.39.